The highest BCUT2D eigenvalue weighted by Crippen LogP contribution is 2.31. The highest BCUT2D eigenvalue weighted by Gasteiger charge is 2.34. The third kappa shape index (κ3) is 3.39. The van der Waals surface area contributed by atoms with E-state index in [0.717, 1.165) is 16.3 Å². The maximum absolute atomic E-state index is 13.2. The molecule has 144 valence electrons. The molecule has 1 saturated heterocycles. The third-order valence-electron chi connectivity index (χ3n) is 4.83. The molecule has 0 radical (unpaired) electrons. The number of hydrogen-bond donors (Lipinski definition) is 1. The summed E-state index contributed by atoms with van der Waals surface area (Å²) in [6.45, 7) is 1.96. The lowest BCUT2D eigenvalue weighted by Crippen LogP contribution is -2.54. The highest BCUT2D eigenvalue weighted by atomic mass is 32.1. The van der Waals surface area contributed by atoms with Crippen LogP contribution in [0.1, 0.15) is 11.1 Å². The van der Waals surface area contributed by atoms with Crippen molar-refractivity contribution in [2.45, 2.75) is 6.92 Å². The first-order valence-electron chi connectivity index (χ1n) is 9.03. The van der Waals surface area contributed by atoms with Gasteiger partial charge in [0.2, 0.25) is 0 Å². The predicted molar refractivity (Wildman–Crippen MR) is 118 cm³/mol. The fraction of sp³-hybridized carbons (Fsp3) is 0.0870. The maximum Gasteiger partial charge on any atom is 0.270 e. The van der Waals surface area contributed by atoms with Crippen molar-refractivity contribution in [2.24, 2.45) is 0 Å². The smallest absolute Gasteiger partial charge is 0.270 e. The number of ether oxygens (including phenoxy) is 1. The van der Waals surface area contributed by atoms with Crippen LogP contribution in [0.2, 0.25) is 0 Å². The minimum Gasteiger partial charge on any atom is -0.496 e. The molecule has 1 N–H and O–H groups in total. The first-order chi connectivity index (χ1) is 14.0. The van der Waals surface area contributed by atoms with Gasteiger partial charge in [-0.1, -0.05) is 48.0 Å². The molecule has 0 atom stereocenters. The van der Waals surface area contributed by atoms with E-state index in [4.69, 9.17) is 17.0 Å². The summed E-state index contributed by atoms with van der Waals surface area (Å²) in [5.74, 6) is -0.428. The van der Waals surface area contributed by atoms with Crippen LogP contribution in [0.5, 0.6) is 5.75 Å². The second-order valence-corrected chi connectivity index (χ2v) is 7.08. The van der Waals surface area contributed by atoms with Crippen LogP contribution >= 0.6 is 12.2 Å². The van der Waals surface area contributed by atoms with E-state index in [-0.39, 0.29) is 10.7 Å². The van der Waals surface area contributed by atoms with Gasteiger partial charge in [-0.05, 0) is 54.2 Å². The molecule has 29 heavy (non-hydrogen) atoms. The van der Waals surface area contributed by atoms with Gasteiger partial charge in [-0.3, -0.25) is 19.8 Å². The van der Waals surface area contributed by atoms with Crippen molar-refractivity contribution >= 4 is 51.7 Å². The van der Waals surface area contributed by atoms with Gasteiger partial charge in [0, 0.05) is 5.56 Å². The topological polar surface area (TPSA) is 58.6 Å². The number of nitrogens with zero attached hydrogens (tertiary/aromatic N) is 1. The van der Waals surface area contributed by atoms with Gasteiger partial charge in [-0.25, -0.2) is 0 Å². The van der Waals surface area contributed by atoms with E-state index in [9.17, 15) is 9.59 Å². The van der Waals surface area contributed by atoms with E-state index in [1.807, 2.05) is 55.5 Å². The monoisotopic (exact) mass is 402 g/mol. The lowest BCUT2D eigenvalue weighted by Gasteiger charge is -2.29. The fourth-order valence-electron chi connectivity index (χ4n) is 3.33. The minimum absolute atomic E-state index is 0.00571. The summed E-state index contributed by atoms with van der Waals surface area (Å²) in [4.78, 5) is 27.2. The van der Waals surface area contributed by atoms with Gasteiger partial charge in [-0.2, -0.15) is 0 Å². The van der Waals surface area contributed by atoms with Crippen molar-refractivity contribution in [3.05, 3.63) is 77.4 Å². The Morgan fingerprint density at radius 1 is 1.00 bits per heavy atom. The van der Waals surface area contributed by atoms with E-state index < -0.39 is 11.8 Å². The van der Waals surface area contributed by atoms with Crippen molar-refractivity contribution < 1.29 is 14.3 Å². The lowest BCUT2D eigenvalue weighted by molar-refractivity contribution is -0.122. The van der Waals surface area contributed by atoms with E-state index >= 15 is 0 Å². The number of carbonyl (C=O) groups is 2. The van der Waals surface area contributed by atoms with Crippen LogP contribution in [0.25, 0.3) is 16.8 Å². The number of carbonyl (C=O) groups excluding carboxylic acids is 2. The maximum atomic E-state index is 13.2. The van der Waals surface area contributed by atoms with Crippen LogP contribution in [0.3, 0.4) is 0 Å². The summed E-state index contributed by atoms with van der Waals surface area (Å²) in [5.41, 5.74) is 2.32. The predicted octanol–water partition coefficient (Wildman–Crippen LogP) is 3.99. The molecule has 0 saturated carbocycles. The average Bonchev–Trinajstić information content (AvgIpc) is 2.72. The molecule has 1 fully saturated rings. The summed E-state index contributed by atoms with van der Waals surface area (Å²) in [6.07, 6.45) is 1.57. The molecule has 3 aromatic rings. The Morgan fingerprint density at radius 2 is 1.72 bits per heavy atom. The largest absolute Gasteiger partial charge is 0.496 e. The highest BCUT2D eigenvalue weighted by molar-refractivity contribution is 7.80. The number of rotatable bonds is 3. The fourth-order valence-corrected chi connectivity index (χ4v) is 3.61. The van der Waals surface area contributed by atoms with E-state index in [2.05, 4.69) is 5.32 Å². The average molecular weight is 402 g/mol. The molecular formula is C23H18N2O3S. The number of benzene rings is 3. The second kappa shape index (κ2) is 7.48. The molecule has 0 spiro atoms. The quantitative estimate of drug-likeness (QED) is 0.409. The molecule has 1 aliphatic rings. The minimum atomic E-state index is -0.529. The number of aryl methyl sites for hydroxylation is 1. The van der Waals surface area contributed by atoms with Crippen LogP contribution in [0.4, 0.5) is 5.69 Å². The van der Waals surface area contributed by atoms with Crippen molar-refractivity contribution in [1.29, 1.82) is 0 Å². The number of amides is 2. The standard InChI is InChI=1S/C23H18N2O3S/c1-14-7-10-16(11-8-14)25-22(27)19(21(26)24-23(25)29)13-18-17-6-4-3-5-15(17)9-12-20(18)28-2/h3-13H,1-2H3,(H,24,26,29)/b19-13-. The molecule has 2 amide bonds. The van der Waals surface area contributed by atoms with Gasteiger partial charge in [0.15, 0.2) is 5.11 Å². The molecule has 6 heteroatoms. The zero-order chi connectivity index (χ0) is 20.5. The van der Waals surface area contributed by atoms with E-state index in [0.29, 0.717) is 17.0 Å². The summed E-state index contributed by atoms with van der Waals surface area (Å²) in [6, 6.07) is 18.9. The van der Waals surface area contributed by atoms with Gasteiger partial charge in [0.05, 0.1) is 12.8 Å². The molecule has 4 rings (SSSR count). The Bertz CT molecular complexity index is 1180. The molecule has 1 heterocycles. The molecule has 1 aliphatic heterocycles. The third-order valence-corrected chi connectivity index (χ3v) is 5.12. The van der Waals surface area contributed by atoms with Crippen molar-refractivity contribution in [3.8, 4) is 5.75 Å². The van der Waals surface area contributed by atoms with Crippen LogP contribution < -0.4 is 15.0 Å². The number of anilines is 1. The van der Waals surface area contributed by atoms with E-state index in [1.165, 1.54) is 4.90 Å². The second-order valence-electron chi connectivity index (χ2n) is 6.70. The van der Waals surface area contributed by atoms with Crippen molar-refractivity contribution in [3.63, 3.8) is 0 Å². The first kappa shape index (κ1) is 18.8. The zero-order valence-corrected chi connectivity index (χ0v) is 16.7. The SMILES string of the molecule is COc1ccc2ccccc2c1/C=C1/C(=O)NC(=S)N(c2ccc(C)cc2)C1=O. The van der Waals surface area contributed by atoms with Crippen LogP contribution in [0.15, 0.2) is 66.2 Å². The summed E-state index contributed by atoms with van der Waals surface area (Å²) >= 11 is 5.26. The zero-order valence-electron chi connectivity index (χ0n) is 15.9. The van der Waals surface area contributed by atoms with Crippen molar-refractivity contribution in [1.82, 2.24) is 5.32 Å². The molecule has 0 aromatic heterocycles. The van der Waals surface area contributed by atoms with Gasteiger partial charge in [0.1, 0.15) is 11.3 Å². The Balaban J connectivity index is 1.86. The van der Waals surface area contributed by atoms with Crippen LogP contribution in [0, 0.1) is 6.92 Å². The van der Waals surface area contributed by atoms with Gasteiger partial charge in [-0.15, -0.1) is 0 Å². The molecule has 0 unspecified atom stereocenters. The summed E-state index contributed by atoms with van der Waals surface area (Å²) in [5, 5.41) is 4.54. The Hall–Kier alpha value is -3.51. The molecular weight excluding hydrogens is 384 g/mol. The Morgan fingerprint density at radius 3 is 2.45 bits per heavy atom. The molecule has 5 nitrogen and oxygen atoms in total. The van der Waals surface area contributed by atoms with Gasteiger partial charge >= 0.3 is 0 Å². The van der Waals surface area contributed by atoms with Gasteiger partial charge in [0.25, 0.3) is 11.8 Å². The van der Waals surface area contributed by atoms with Gasteiger partial charge < -0.3 is 4.74 Å². The van der Waals surface area contributed by atoms with Crippen molar-refractivity contribution in [2.75, 3.05) is 12.0 Å². The molecule has 3 aromatic carbocycles. The van der Waals surface area contributed by atoms with E-state index in [1.54, 1.807) is 25.3 Å². The number of fused-ring (bicyclic) bond motifs is 1. The summed E-state index contributed by atoms with van der Waals surface area (Å²) < 4.78 is 5.48. The van der Waals surface area contributed by atoms with Crippen LogP contribution in [-0.4, -0.2) is 24.0 Å². The first-order valence-corrected chi connectivity index (χ1v) is 9.44. The Kier molecular flexibility index (Phi) is 4.86. The van der Waals surface area contributed by atoms with Crippen LogP contribution in [-0.2, 0) is 9.59 Å². The number of thiocarbonyl (C=S) groups is 1. The normalized spacial score (nSPS) is 15.7. The molecule has 0 aliphatic carbocycles. The number of methoxy groups -OCH3 is 1. The number of hydrogen-bond acceptors (Lipinski definition) is 4. The number of nitrogens with one attached hydrogen (secondary N) is 1. The summed E-state index contributed by atoms with van der Waals surface area (Å²) in [7, 11) is 1.56. The Labute approximate surface area is 173 Å². The molecule has 0 bridgehead atoms. The lowest BCUT2D eigenvalue weighted by atomic mass is 9.99.